The van der Waals surface area contributed by atoms with Crippen LogP contribution < -0.4 is 5.73 Å². The van der Waals surface area contributed by atoms with E-state index in [4.69, 9.17) is 5.73 Å². The van der Waals surface area contributed by atoms with Crippen molar-refractivity contribution in [3.8, 4) is 0 Å². The minimum Gasteiger partial charge on any atom is -0.327 e. The molecule has 0 amide bonds. The summed E-state index contributed by atoms with van der Waals surface area (Å²) in [6.45, 7) is 4.26. The van der Waals surface area contributed by atoms with Gasteiger partial charge in [0.25, 0.3) is 0 Å². The topological polar surface area (TPSA) is 26.0 Å². The molecule has 1 rings (SSSR count). The van der Waals surface area contributed by atoms with Gasteiger partial charge in [0, 0.05) is 15.8 Å². The van der Waals surface area contributed by atoms with Crippen LogP contribution in [-0.4, -0.2) is 6.04 Å². The Kier molecular flexibility index (Phi) is 3.09. The predicted molar refractivity (Wildman–Crippen MR) is 51.0 cm³/mol. The smallest absolute Gasteiger partial charge is 0.00845 e. The molecule has 0 bridgehead atoms. The molecule has 62 valence electrons. The lowest BCUT2D eigenvalue weighted by Crippen LogP contribution is -2.20. The van der Waals surface area contributed by atoms with Crippen LogP contribution >= 0.6 is 11.3 Å². The van der Waals surface area contributed by atoms with Gasteiger partial charge < -0.3 is 5.73 Å². The van der Waals surface area contributed by atoms with Gasteiger partial charge in [-0.05, 0) is 31.9 Å². The molecule has 0 aliphatic rings. The summed E-state index contributed by atoms with van der Waals surface area (Å²) >= 11 is 1.85. The summed E-state index contributed by atoms with van der Waals surface area (Å²) in [5.74, 6) is 0. The van der Waals surface area contributed by atoms with Gasteiger partial charge in [0.15, 0.2) is 0 Å². The van der Waals surface area contributed by atoms with Gasteiger partial charge in [-0.1, -0.05) is 6.92 Å². The molecule has 1 nitrogen and oxygen atoms in total. The summed E-state index contributed by atoms with van der Waals surface area (Å²) in [5, 5.41) is 0. The van der Waals surface area contributed by atoms with Crippen LogP contribution in [0, 0.1) is 6.92 Å². The van der Waals surface area contributed by atoms with Crippen LogP contribution in [0.3, 0.4) is 0 Å². The first-order valence-corrected chi connectivity index (χ1v) is 4.85. The molecule has 0 aliphatic carbocycles. The molecule has 1 aromatic heterocycles. The fourth-order valence-electron chi connectivity index (χ4n) is 0.998. The number of thiophene rings is 1. The van der Waals surface area contributed by atoms with Crippen molar-refractivity contribution in [2.24, 2.45) is 5.73 Å². The summed E-state index contributed by atoms with van der Waals surface area (Å²) < 4.78 is 0. The SMILES string of the molecule is CCC(N)Cc1ccc(C)s1. The summed E-state index contributed by atoms with van der Waals surface area (Å²) in [5.41, 5.74) is 5.82. The summed E-state index contributed by atoms with van der Waals surface area (Å²) in [7, 11) is 0. The fraction of sp³-hybridized carbons (Fsp3) is 0.556. The van der Waals surface area contributed by atoms with Gasteiger partial charge in [0.2, 0.25) is 0 Å². The van der Waals surface area contributed by atoms with E-state index in [1.54, 1.807) is 0 Å². The second kappa shape index (κ2) is 3.88. The first kappa shape index (κ1) is 8.75. The third kappa shape index (κ3) is 2.64. The Morgan fingerprint density at radius 2 is 2.27 bits per heavy atom. The summed E-state index contributed by atoms with van der Waals surface area (Å²) in [6, 6.07) is 4.67. The molecule has 0 saturated carbocycles. The maximum absolute atomic E-state index is 5.82. The molecule has 0 fully saturated rings. The first-order chi connectivity index (χ1) is 5.22. The lowest BCUT2D eigenvalue weighted by atomic mass is 10.1. The van der Waals surface area contributed by atoms with Crippen molar-refractivity contribution >= 4 is 11.3 Å². The predicted octanol–water partition coefficient (Wildman–Crippen LogP) is 2.34. The van der Waals surface area contributed by atoms with E-state index in [9.17, 15) is 0 Å². The van der Waals surface area contributed by atoms with Crippen molar-refractivity contribution in [1.29, 1.82) is 0 Å². The molecule has 1 unspecified atom stereocenters. The van der Waals surface area contributed by atoms with Crippen molar-refractivity contribution in [2.45, 2.75) is 32.7 Å². The van der Waals surface area contributed by atoms with E-state index in [1.165, 1.54) is 9.75 Å². The van der Waals surface area contributed by atoms with Crippen LogP contribution in [0.15, 0.2) is 12.1 Å². The largest absolute Gasteiger partial charge is 0.327 e. The average Bonchev–Trinajstić information content (AvgIpc) is 2.35. The highest BCUT2D eigenvalue weighted by Crippen LogP contribution is 2.16. The van der Waals surface area contributed by atoms with Gasteiger partial charge in [-0.15, -0.1) is 11.3 Å². The molecule has 2 N–H and O–H groups in total. The van der Waals surface area contributed by atoms with E-state index in [0.29, 0.717) is 6.04 Å². The van der Waals surface area contributed by atoms with Crippen molar-refractivity contribution in [2.75, 3.05) is 0 Å². The molecule has 11 heavy (non-hydrogen) atoms. The van der Waals surface area contributed by atoms with Crippen LogP contribution in [0.1, 0.15) is 23.1 Å². The van der Waals surface area contributed by atoms with Crippen molar-refractivity contribution in [3.63, 3.8) is 0 Å². The highest BCUT2D eigenvalue weighted by molar-refractivity contribution is 7.11. The van der Waals surface area contributed by atoms with Crippen LogP contribution in [0.25, 0.3) is 0 Å². The Morgan fingerprint density at radius 3 is 2.73 bits per heavy atom. The third-order valence-corrected chi connectivity index (χ3v) is 2.81. The number of aryl methyl sites for hydroxylation is 1. The Balaban J connectivity index is 2.50. The molecular weight excluding hydrogens is 154 g/mol. The Labute approximate surface area is 72.2 Å². The maximum atomic E-state index is 5.82. The van der Waals surface area contributed by atoms with E-state index in [1.807, 2.05) is 11.3 Å². The van der Waals surface area contributed by atoms with Gasteiger partial charge in [-0.3, -0.25) is 0 Å². The van der Waals surface area contributed by atoms with Crippen LogP contribution in [0.5, 0.6) is 0 Å². The Hall–Kier alpha value is -0.340. The molecule has 0 radical (unpaired) electrons. The monoisotopic (exact) mass is 169 g/mol. The highest BCUT2D eigenvalue weighted by atomic mass is 32.1. The second-order valence-electron chi connectivity index (χ2n) is 2.88. The minimum atomic E-state index is 0.341. The van der Waals surface area contributed by atoms with Gasteiger partial charge in [0.05, 0.1) is 0 Å². The van der Waals surface area contributed by atoms with E-state index >= 15 is 0 Å². The molecule has 0 spiro atoms. The van der Waals surface area contributed by atoms with Crippen molar-refractivity contribution < 1.29 is 0 Å². The van der Waals surface area contributed by atoms with Crippen molar-refractivity contribution in [3.05, 3.63) is 21.9 Å². The molecule has 1 atom stereocenters. The lowest BCUT2D eigenvalue weighted by Gasteiger charge is -2.04. The minimum absolute atomic E-state index is 0.341. The molecule has 0 saturated heterocycles. The van der Waals surface area contributed by atoms with E-state index in [0.717, 1.165) is 12.8 Å². The number of rotatable bonds is 3. The number of hydrogen-bond donors (Lipinski definition) is 1. The zero-order chi connectivity index (χ0) is 8.27. The number of hydrogen-bond acceptors (Lipinski definition) is 2. The van der Waals surface area contributed by atoms with Gasteiger partial charge in [-0.25, -0.2) is 0 Å². The average molecular weight is 169 g/mol. The molecule has 1 aromatic rings. The quantitative estimate of drug-likeness (QED) is 0.738. The van der Waals surface area contributed by atoms with E-state index < -0.39 is 0 Å². The van der Waals surface area contributed by atoms with E-state index in [-0.39, 0.29) is 0 Å². The Bertz CT molecular complexity index is 217. The highest BCUT2D eigenvalue weighted by Gasteiger charge is 2.02. The third-order valence-electron chi connectivity index (χ3n) is 1.78. The second-order valence-corrected chi connectivity index (χ2v) is 4.26. The summed E-state index contributed by atoms with van der Waals surface area (Å²) in [4.78, 5) is 2.79. The fourth-order valence-corrected chi connectivity index (χ4v) is 1.98. The molecule has 2 heteroatoms. The Morgan fingerprint density at radius 1 is 1.55 bits per heavy atom. The van der Waals surface area contributed by atoms with Crippen molar-refractivity contribution in [1.82, 2.24) is 0 Å². The van der Waals surface area contributed by atoms with Gasteiger partial charge in [-0.2, -0.15) is 0 Å². The summed E-state index contributed by atoms with van der Waals surface area (Å²) in [6.07, 6.45) is 2.10. The van der Waals surface area contributed by atoms with Gasteiger partial charge >= 0.3 is 0 Å². The molecule has 1 heterocycles. The molecule has 0 aliphatic heterocycles. The zero-order valence-corrected chi connectivity index (χ0v) is 7.95. The zero-order valence-electron chi connectivity index (χ0n) is 7.13. The lowest BCUT2D eigenvalue weighted by molar-refractivity contribution is 0.652. The standard InChI is InChI=1S/C9H15NS/c1-3-8(10)6-9-5-4-7(2)11-9/h4-5,8H,3,6,10H2,1-2H3. The maximum Gasteiger partial charge on any atom is 0.00845 e. The normalized spacial score (nSPS) is 13.4. The molecule has 0 aromatic carbocycles. The first-order valence-electron chi connectivity index (χ1n) is 4.03. The molecular formula is C9H15NS. The van der Waals surface area contributed by atoms with E-state index in [2.05, 4.69) is 26.0 Å². The van der Waals surface area contributed by atoms with Crippen LogP contribution in [0.4, 0.5) is 0 Å². The van der Waals surface area contributed by atoms with Crippen LogP contribution in [-0.2, 0) is 6.42 Å². The van der Waals surface area contributed by atoms with Gasteiger partial charge in [0.1, 0.15) is 0 Å². The van der Waals surface area contributed by atoms with Crippen LogP contribution in [0.2, 0.25) is 0 Å². The number of nitrogens with two attached hydrogens (primary N) is 1.